The van der Waals surface area contributed by atoms with Crippen LogP contribution >= 0.6 is 0 Å². The maximum Gasteiger partial charge on any atom is 0.115 e. The largest absolute Gasteiger partial charge is 0.508 e. The number of phenolic OH excluding ortho intramolecular Hbond substituents is 1. The van der Waals surface area contributed by atoms with Gasteiger partial charge >= 0.3 is 0 Å². The number of nitrogens with zero attached hydrogens (tertiary/aromatic N) is 1. The normalized spacial score (nSPS) is 16.2. The zero-order valence-corrected chi connectivity index (χ0v) is 15.1. The summed E-state index contributed by atoms with van der Waals surface area (Å²) in [5, 5.41) is 15.8. The summed E-state index contributed by atoms with van der Waals surface area (Å²) in [6.45, 7) is 4.14. The summed E-state index contributed by atoms with van der Waals surface area (Å²) >= 11 is 0. The average molecular weight is 346 g/mol. The van der Waals surface area contributed by atoms with Crippen LogP contribution < -0.4 is 5.32 Å². The van der Waals surface area contributed by atoms with Crippen molar-refractivity contribution in [3.8, 4) is 5.75 Å². The molecule has 0 unspecified atom stereocenters. The van der Waals surface area contributed by atoms with Gasteiger partial charge in [0.15, 0.2) is 0 Å². The second kappa shape index (κ2) is 7.90. The molecule has 0 bridgehead atoms. The fourth-order valence-electron chi connectivity index (χ4n) is 3.86. The lowest BCUT2D eigenvalue weighted by Gasteiger charge is -2.32. The Kier molecular flexibility index (Phi) is 5.19. The van der Waals surface area contributed by atoms with Crippen LogP contribution in [0.2, 0.25) is 0 Å². The molecule has 3 aromatic rings. The van der Waals surface area contributed by atoms with Crippen molar-refractivity contribution in [2.24, 2.45) is 0 Å². The van der Waals surface area contributed by atoms with E-state index in [1.54, 1.807) is 12.1 Å². The number of benzene rings is 3. The van der Waals surface area contributed by atoms with Crippen LogP contribution in [0.25, 0.3) is 10.8 Å². The van der Waals surface area contributed by atoms with Gasteiger partial charge in [-0.15, -0.1) is 0 Å². The predicted octanol–water partition coefficient (Wildman–Crippen LogP) is 4.30. The molecule has 1 fully saturated rings. The number of nitrogens with one attached hydrogen (secondary N) is 1. The molecule has 0 radical (unpaired) electrons. The third-order valence-electron chi connectivity index (χ3n) is 5.39. The molecule has 0 spiro atoms. The number of phenols is 1. The molecule has 3 aromatic carbocycles. The molecule has 134 valence electrons. The Balaban J connectivity index is 1.29. The van der Waals surface area contributed by atoms with E-state index < -0.39 is 0 Å². The first-order chi connectivity index (χ1) is 12.8. The second-order valence-electron chi connectivity index (χ2n) is 7.24. The molecule has 0 atom stereocenters. The van der Waals surface area contributed by atoms with Gasteiger partial charge in [-0.05, 0) is 60.0 Å². The number of rotatable bonds is 5. The highest BCUT2D eigenvalue weighted by molar-refractivity contribution is 5.85. The smallest absolute Gasteiger partial charge is 0.115 e. The summed E-state index contributed by atoms with van der Waals surface area (Å²) in [6.07, 6.45) is 2.37. The number of likely N-dealkylation sites (tertiary alicyclic amines) is 1. The van der Waals surface area contributed by atoms with Gasteiger partial charge in [-0.25, -0.2) is 0 Å². The number of piperidine rings is 1. The first kappa shape index (κ1) is 17.1. The minimum absolute atomic E-state index is 0.338. The van der Waals surface area contributed by atoms with E-state index in [-0.39, 0.29) is 0 Å². The molecule has 3 heteroatoms. The molecule has 3 nitrogen and oxygen atoms in total. The fraction of sp³-hybridized carbons (Fsp3) is 0.304. The van der Waals surface area contributed by atoms with Gasteiger partial charge in [-0.3, -0.25) is 4.90 Å². The Hall–Kier alpha value is -2.36. The van der Waals surface area contributed by atoms with E-state index in [1.807, 2.05) is 12.1 Å². The van der Waals surface area contributed by atoms with Crippen LogP contribution in [-0.4, -0.2) is 29.1 Å². The number of hydrogen-bond acceptors (Lipinski definition) is 3. The third kappa shape index (κ3) is 4.06. The maximum absolute atomic E-state index is 9.39. The zero-order chi connectivity index (χ0) is 17.8. The molecule has 2 N–H and O–H groups in total. The summed E-state index contributed by atoms with van der Waals surface area (Å²) in [4.78, 5) is 2.50. The van der Waals surface area contributed by atoms with Crippen LogP contribution in [-0.2, 0) is 13.1 Å². The lowest BCUT2D eigenvalue weighted by molar-refractivity contribution is 0.190. The topological polar surface area (TPSA) is 35.5 Å². The quantitative estimate of drug-likeness (QED) is 0.723. The Morgan fingerprint density at radius 3 is 2.42 bits per heavy atom. The summed E-state index contributed by atoms with van der Waals surface area (Å²) in [6, 6.07) is 23.3. The number of hydrogen-bond donors (Lipinski definition) is 2. The molecule has 0 amide bonds. The molecular formula is C23H26N2O. The molecule has 0 aliphatic carbocycles. The van der Waals surface area contributed by atoms with Crippen molar-refractivity contribution < 1.29 is 5.11 Å². The van der Waals surface area contributed by atoms with Crippen molar-refractivity contribution >= 4 is 10.8 Å². The first-order valence-electron chi connectivity index (χ1n) is 9.48. The van der Waals surface area contributed by atoms with Crippen LogP contribution in [0.5, 0.6) is 5.75 Å². The Morgan fingerprint density at radius 1 is 0.885 bits per heavy atom. The lowest BCUT2D eigenvalue weighted by atomic mass is 10.0. The van der Waals surface area contributed by atoms with Crippen LogP contribution in [0.4, 0.5) is 0 Å². The standard InChI is InChI=1S/C23H26N2O/c26-22-10-8-18(9-11-22)17-25-14-12-21(13-15-25)24-16-20-6-3-5-19-4-1-2-7-23(19)20/h1-11,21,24,26H,12-17H2. The van der Waals surface area contributed by atoms with Gasteiger partial charge in [-0.1, -0.05) is 54.6 Å². The van der Waals surface area contributed by atoms with Crippen LogP contribution in [0, 0.1) is 0 Å². The van der Waals surface area contributed by atoms with Crippen molar-refractivity contribution in [1.29, 1.82) is 0 Å². The SMILES string of the molecule is Oc1ccc(CN2CCC(NCc3cccc4ccccc34)CC2)cc1. The van der Waals surface area contributed by atoms with E-state index >= 15 is 0 Å². The van der Waals surface area contributed by atoms with Crippen LogP contribution in [0.15, 0.2) is 66.7 Å². The van der Waals surface area contributed by atoms with Crippen LogP contribution in [0.1, 0.15) is 24.0 Å². The summed E-state index contributed by atoms with van der Waals surface area (Å²) < 4.78 is 0. The highest BCUT2D eigenvalue weighted by Crippen LogP contribution is 2.20. The Morgan fingerprint density at radius 2 is 1.62 bits per heavy atom. The molecule has 1 aliphatic heterocycles. The van der Waals surface area contributed by atoms with Gasteiger partial charge in [0.1, 0.15) is 5.75 Å². The van der Waals surface area contributed by atoms with Gasteiger partial charge < -0.3 is 10.4 Å². The van der Waals surface area contributed by atoms with E-state index in [9.17, 15) is 5.11 Å². The third-order valence-corrected chi connectivity index (χ3v) is 5.39. The van der Waals surface area contributed by atoms with Gasteiger partial charge in [0.05, 0.1) is 0 Å². The Bertz CT molecular complexity index is 846. The van der Waals surface area contributed by atoms with E-state index in [2.05, 4.69) is 52.7 Å². The molecule has 4 rings (SSSR count). The molecule has 26 heavy (non-hydrogen) atoms. The minimum Gasteiger partial charge on any atom is -0.508 e. The number of fused-ring (bicyclic) bond motifs is 1. The fourth-order valence-corrected chi connectivity index (χ4v) is 3.86. The minimum atomic E-state index is 0.338. The molecule has 0 aromatic heterocycles. The van der Waals surface area contributed by atoms with Crippen molar-refractivity contribution in [3.05, 3.63) is 77.9 Å². The average Bonchev–Trinajstić information content (AvgIpc) is 2.69. The Labute approximate surface area is 155 Å². The summed E-state index contributed by atoms with van der Waals surface area (Å²) in [7, 11) is 0. The van der Waals surface area contributed by atoms with E-state index in [1.165, 1.54) is 34.7 Å². The van der Waals surface area contributed by atoms with Crippen molar-refractivity contribution in [2.45, 2.75) is 32.0 Å². The molecular weight excluding hydrogens is 320 g/mol. The monoisotopic (exact) mass is 346 g/mol. The summed E-state index contributed by atoms with van der Waals surface area (Å²) in [5.41, 5.74) is 2.65. The van der Waals surface area contributed by atoms with Gasteiger partial charge in [0, 0.05) is 19.1 Å². The highest BCUT2D eigenvalue weighted by Gasteiger charge is 2.19. The van der Waals surface area contributed by atoms with E-state index in [4.69, 9.17) is 0 Å². The van der Waals surface area contributed by atoms with Gasteiger partial charge in [0.2, 0.25) is 0 Å². The van der Waals surface area contributed by atoms with E-state index in [0.29, 0.717) is 11.8 Å². The van der Waals surface area contributed by atoms with Gasteiger partial charge in [-0.2, -0.15) is 0 Å². The predicted molar refractivity (Wildman–Crippen MR) is 107 cm³/mol. The zero-order valence-electron chi connectivity index (χ0n) is 15.1. The molecule has 1 heterocycles. The highest BCUT2D eigenvalue weighted by atomic mass is 16.3. The van der Waals surface area contributed by atoms with Crippen LogP contribution in [0.3, 0.4) is 0 Å². The maximum atomic E-state index is 9.39. The molecule has 1 aliphatic rings. The lowest BCUT2D eigenvalue weighted by Crippen LogP contribution is -2.41. The molecule has 0 saturated carbocycles. The second-order valence-corrected chi connectivity index (χ2v) is 7.24. The summed E-state index contributed by atoms with van der Waals surface area (Å²) in [5.74, 6) is 0.338. The van der Waals surface area contributed by atoms with Crippen molar-refractivity contribution in [3.63, 3.8) is 0 Å². The van der Waals surface area contributed by atoms with Gasteiger partial charge in [0.25, 0.3) is 0 Å². The van der Waals surface area contributed by atoms with Crippen molar-refractivity contribution in [1.82, 2.24) is 10.2 Å². The van der Waals surface area contributed by atoms with Crippen molar-refractivity contribution in [2.75, 3.05) is 13.1 Å². The first-order valence-corrected chi connectivity index (χ1v) is 9.48. The molecule has 1 saturated heterocycles. The van der Waals surface area contributed by atoms with E-state index in [0.717, 1.165) is 26.2 Å². The number of aromatic hydroxyl groups is 1.